The first-order valence-corrected chi connectivity index (χ1v) is 6.60. The van der Waals surface area contributed by atoms with Gasteiger partial charge in [0.2, 0.25) is 0 Å². The van der Waals surface area contributed by atoms with E-state index in [1.165, 1.54) is 51.4 Å². The SMILES string of the molecule is C1=C\CC/C=C\CC/1.C1=C\CC/C=C\CC/1.[Cl].[Cl].[Ir].[Ir]. The topological polar surface area (TPSA) is 0 Å². The van der Waals surface area contributed by atoms with Crippen molar-refractivity contribution in [1.29, 1.82) is 0 Å². The van der Waals surface area contributed by atoms with Gasteiger partial charge in [-0.1, -0.05) is 48.6 Å². The third kappa shape index (κ3) is 21.1. The molecule has 2 aliphatic rings. The average molecular weight is 672 g/mol. The van der Waals surface area contributed by atoms with Gasteiger partial charge >= 0.3 is 0 Å². The summed E-state index contributed by atoms with van der Waals surface area (Å²) in [5.74, 6) is 0. The minimum absolute atomic E-state index is 0. The van der Waals surface area contributed by atoms with Crippen LogP contribution in [0.5, 0.6) is 0 Å². The number of hydrogen-bond donors (Lipinski definition) is 0. The first-order valence-electron chi connectivity index (χ1n) is 6.60. The summed E-state index contributed by atoms with van der Waals surface area (Å²) in [6.45, 7) is 0. The Hall–Kier alpha value is 0.839. The van der Waals surface area contributed by atoms with Crippen molar-refractivity contribution in [3.8, 4) is 0 Å². The molecule has 0 spiro atoms. The van der Waals surface area contributed by atoms with Crippen LogP contribution in [-0.2, 0) is 40.2 Å². The maximum atomic E-state index is 2.27. The van der Waals surface area contributed by atoms with Crippen molar-refractivity contribution >= 4 is 24.8 Å². The van der Waals surface area contributed by atoms with E-state index in [-0.39, 0.29) is 65.0 Å². The van der Waals surface area contributed by atoms with Crippen LogP contribution < -0.4 is 0 Å². The molecule has 2 rings (SSSR count). The Bertz CT molecular complexity index is 192. The van der Waals surface area contributed by atoms with Crippen LogP contribution in [0.2, 0.25) is 0 Å². The van der Waals surface area contributed by atoms with Crippen LogP contribution in [0.15, 0.2) is 48.6 Å². The Kier molecular flexibility index (Phi) is 35.9. The summed E-state index contributed by atoms with van der Waals surface area (Å²) in [5, 5.41) is 0. The summed E-state index contributed by atoms with van der Waals surface area (Å²) in [4.78, 5) is 0. The van der Waals surface area contributed by atoms with Crippen LogP contribution in [0.1, 0.15) is 51.4 Å². The third-order valence-corrected chi connectivity index (χ3v) is 2.67. The largest absolute Gasteiger partial charge is 0.0882 e. The van der Waals surface area contributed by atoms with Gasteiger partial charge in [-0.2, -0.15) is 0 Å². The van der Waals surface area contributed by atoms with Crippen molar-refractivity contribution in [3.63, 3.8) is 0 Å². The van der Waals surface area contributed by atoms with Crippen LogP contribution >= 0.6 is 24.8 Å². The van der Waals surface area contributed by atoms with E-state index in [1.54, 1.807) is 0 Å². The summed E-state index contributed by atoms with van der Waals surface area (Å²) >= 11 is 0. The van der Waals surface area contributed by atoms with Gasteiger partial charge in [-0.15, -0.1) is 0 Å². The molecular formula is C16H24Cl2Ir2. The first kappa shape index (κ1) is 28.9. The molecule has 0 fully saturated rings. The minimum Gasteiger partial charge on any atom is -0.0882 e. The Morgan fingerprint density at radius 3 is 0.500 bits per heavy atom. The zero-order valence-electron chi connectivity index (χ0n) is 11.7. The predicted octanol–water partition coefficient (Wildman–Crippen LogP) is 6.72. The third-order valence-electron chi connectivity index (χ3n) is 2.67. The first-order chi connectivity index (χ1) is 8.00. The number of allylic oxidation sites excluding steroid dienone is 8. The van der Waals surface area contributed by atoms with E-state index in [9.17, 15) is 0 Å². The summed E-state index contributed by atoms with van der Waals surface area (Å²) < 4.78 is 0. The molecule has 0 aliphatic heterocycles. The molecule has 0 aromatic heterocycles. The maximum absolute atomic E-state index is 2.27. The van der Waals surface area contributed by atoms with Gasteiger partial charge in [0.1, 0.15) is 0 Å². The second-order valence-corrected chi connectivity index (χ2v) is 4.20. The molecule has 4 heteroatoms. The predicted molar refractivity (Wildman–Crippen MR) is 85.2 cm³/mol. The van der Waals surface area contributed by atoms with E-state index >= 15 is 0 Å². The molecule has 0 atom stereocenters. The molecule has 20 heavy (non-hydrogen) atoms. The second-order valence-electron chi connectivity index (χ2n) is 4.20. The number of rotatable bonds is 0. The molecule has 2 aliphatic carbocycles. The van der Waals surface area contributed by atoms with Crippen molar-refractivity contribution in [2.24, 2.45) is 0 Å². The van der Waals surface area contributed by atoms with Gasteiger partial charge in [-0.3, -0.25) is 0 Å². The Morgan fingerprint density at radius 1 is 0.300 bits per heavy atom. The molecule has 0 saturated carbocycles. The molecule has 0 saturated heterocycles. The van der Waals surface area contributed by atoms with E-state index < -0.39 is 0 Å². The number of hydrogen-bond acceptors (Lipinski definition) is 0. The minimum atomic E-state index is 0. The fourth-order valence-corrected chi connectivity index (χ4v) is 1.71. The molecular weight excluding hydrogens is 648 g/mol. The van der Waals surface area contributed by atoms with E-state index in [0.29, 0.717) is 0 Å². The van der Waals surface area contributed by atoms with Crippen LogP contribution in [0.3, 0.4) is 0 Å². The van der Waals surface area contributed by atoms with Crippen molar-refractivity contribution in [1.82, 2.24) is 0 Å². The van der Waals surface area contributed by atoms with Crippen LogP contribution in [0, 0.1) is 0 Å². The molecule has 0 heterocycles. The standard InChI is InChI=1S/2C8H12.2Cl.2Ir/c2*1-2-4-6-8-7-5-3-1;;;;/h2*1-2,7-8H,3-6H2;;;;/b2*2-1-,8-7-;;;;. The van der Waals surface area contributed by atoms with Gasteiger partial charge in [0.25, 0.3) is 0 Å². The van der Waals surface area contributed by atoms with E-state index in [0.717, 1.165) is 0 Å². The van der Waals surface area contributed by atoms with Gasteiger partial charge < -0.3 is 0 Å². The quantitative estimate of drug-likeness (QED) is 0.251. The zero-order chi connectivity index (χ0) is 11.3. The zero-order valence-corrected chi connectivity index (χ0v) is 18.0. The van der Waals surface area contributed by atoms with E-state index in [4.69, 9.17) is 0 Å². The van der Waals surface area contributed by atoms with Gasteiger partial charge in [-0.05, 0) is 51.4 Å². The van der Waals surface area contributed by atoms with Gasteiger partial charge in [0.15, 0.2) is 0 Å². The molecule has 0 N–H and O–H groups in total. The van der Waals surface area contributed by atoms with Crippen LogP contribution in [0.25, 0.3) is 0 Å². The maximum Gasteiger partial charge on any atom is 0 e. The molecule has 0 aromatic carbocycles. The van der Waals surface area contributed by atoms with Crippen LogP contribution in [0.4, 0.5) is 0 Å². The molecule has 120 valence electrons. The second kappa shape index (κ2) is 24.8. The molecule has 0 nitrogen and oxygen atoms in total. The Balaban J connectivity index is -0.000000107. The van der Waals surface area contributed by atoms with Crippen molar-refractivity contribution in [3.05, 3.63) is 48.6 Å². The van der Waals surface area contributed by atoms with Crippen molar-refractivity contribution in [2.45, 2.75) is 51.4 Å². The molecule has 0 aromatic rings. The fourth-order valence-electron chi connectivity index (χ4n) is 1.71. The molecule has 0 unspecified atom stereocenters. The van der Waals surface area contributed by atoms with Crippen molar-refractivity contribution < 1.29 is 40.2 Å². The Labute approximate surface area is 164 Å². The Morgan fingerprint density at radius 2 is 0.400 bits per heavy atom. The molecule has 0 bridgehead atoms. The van der Waals surface area contributed by atoms with Crippen LogP contribution in [-0.4, -0.2) is 0 Å². The van der Waals surface area contributed by atoms with Gasteiger partial charge in [0, 0.05) is 65.0 Å². The monoisotopic (exact) mass is 672 g/mol. The van der Waals surface area contributed by atoms with Crippen molar-refractivity contribution in [2.75, 3.05) is 0 Å². The summed E-state index contributed by atoms with van der Waals surface area (Å²) in [6.07, 6.45) is 28.0. The fraction of sp³-hybridized carbons (Fsp3) is 0.500. The molecule has 4 radical (unpaired) electrons. The average Bonchev–Trinajstić information content (AvgIpc) is 2.15. The number of halogens is 2. The summed E-state index contributed by atoms with van der Waals surface area (Å²) in [5.41, 5.74) is 0. The smallest absolute Gasteiger partial charge is 0 e. The summed E-state index contributed by atoms with van der Waals surface area (Å²) in [6, 6.07) is 0. The normalized spacial score (nSPS) is 22.4. The van der Waals surface area contributed by atoms with Gasteiger partial charge in [-0.25, -0.2) is 0 Å². The van der Waals surface area contributed by atoms with E-state index in [1.807, 2.05) is 0 Å². The summed E-state index contributed by atoms with van der Waals surface area (Å²) in [7, 11) is 0. The van der Waals surface area contributed by atoms with Gasteiger partial charge in [0.05, 0.1) is 0 Å². The molecule has 0 amide bonds. The van der Waals surface area contributed by atoms with E-state index in [2.05, 4.69) is 48.6 Å².